The Labute approximate surface area is 118 Å². The average Bonchev–Trinajstić information content (AvgIpc) is 2.75. The molecule has 5 heteroatoms. The van der Waals surface area contributed by atoms with Gasteiger partial charge in [0.05, 0.1) is 13.0 Å². The quantitative estimate of drug-likeness (QED) is 0.821. The van der Waals surface area contributed by atoms with E-state index in [0.717, 1.165) is 26.6 Å². The molecule has 1 atom stereocenters. The van der Waals surface area contributed by atoms with Crippen LogP contribution in [-0.2, 0) is 16.0 Å². The summed E-state index contributed by atoms with van der Waals surface area (Å²) in [5, 5.41) is 0.915. The van der Waals surface area contributed by atoms with Crippen molar-refractivity contribution in [1.29, 1.82) is 0 Å². The Morgan fingerprint density at radius 1 is 1.42 bits per heavy atom. The lowest BCUT2D eigenvalue weighted by atomic mass is 9.86. The van der Waals surface area contributed by atoms with Gasteiger partial charge in [0.2, 0.25) is 0 Å². The summed E-state index contributed by atoms with van der Waals surface area (Å²) in [6.07, 6.45) is 0.749. The fourth-order valence-corrected chi connectivity index (χ4v) is 3.03. The second kappa shape index (κ2) is 4.49. The van der Waals surface area contributed by atoms with Crippen LogP contribution in [0.4, 0.5) is 0 Å². The maximum Gasteiger partial charge on any atom is 0.309 e. The van der Waals surface area contributed by atoms with Gasteiger partial charge in [-0.25, -0.2) is 0 Å². The number of benzene rings is 1. The number of methoxy groups -OCH3 is 1. The molecule has 3 rings (SSSR count). The largest absolute Gasteiger partial charge is 0.469 e. The number of carbonyl (C=O) groups is 2. The zero-order valence-electron chi connectivity index (χ0n) is 10.3. The molecule has 0 saturated heterocycles. The van der Waals surface area contributed by atoms with Gasteiger partial charge in [-0.3, -0.25) is 9.59 Å². The SMILES string of the molecule is COC(=O)C1CC(=O)c2c([nH]c3ccc(Br)cc23)C1. The van der Waals surface area contributed by atoms with Gasteiger partial charge in [0.25, 0.3) is 0 Å². The third-order valence-electron chi connectivity index (χ3n) is 3.53. The van der Waals surface area contributed by atoms with E-state index in [9.17, 15) is 9.59 Å². The predicted octanol–water partition coefficient (Wildman–Crippen LogP) is 2.85. The number of H-pyrrole nitrogens is 1. The Bertz CT molecular complexity index is 689. The number of hydrogen-bond acceptors (Lipinski definition) is 3. The van der Waals surface area contributed by atoms with Crippen molar-refractivity contribution in [2.75, 3.05) is 7.11 Å². The van der Waals surface area contributed by atoms with Gasteiger partial charge >= 0.3 is 5.97 Å². The van der Waals surface area contributed by atoms with Crippen LogP contribution < -0.4 is 0 Å². The fraction of sp³-hybridized carbons (Fsp3) is 0.286. The maximum absolute atomic E-state index is 12.3. The molecular weight excluding hydrogens is 310 g/mol. The van der Waals surface area contributed by atoms with E-state index in [2.05, 4.69) is 20.9 Å². The Morgan fingerprint density at radius 3 is 2.95 bits per heavy atom. The molecule has 1 aliphatic rings. The number of Topliss-reactive ketones (excluding diaryl/α,β-unsaturated/α-hetero) is 1. The fourth-order valence-electron chi connectivity index (χ4n) is 2.67. The number of ketones is 1. The van der Waals surface area contributed by atoms with Crippen LogP contribution in [0.3, 0.4) is 0 Å². The molecule has 0 radical (unpaired) electrons. The molecule has 1 aromatic heterocycles. The molecular formula is C14H12BrNO3. The highest BCUT2D eigenvalue weighted by Crippen LogP contribution is 2.33. The van der Waals surface area contributed by atoms with Crippen LogP contribution in [0.25, 0.3) is 10.9 Å². The molecule has 1 N–H and O–H groups in total. The molecule has 0 bridgehead atoms. The second-order valence-electron chi connectivity index (χ2n) is 4.72. The van der Waals surface area contributed by atoms with Crippen LogP contribution in [0.5, 0.6) is 0 Å². The Kier molecular flexibility index (Phi) is 2.93. The van der Waals surface area contributed by atoms with E-state index in [1.807, 2.05) is 18.2 Å². The van der Waals surface area contributed by atoms with Crippen molar-refractivity contribution in [3.05, 3.63) is 33.9 Å². The van der Waals surface area contributed by atoms with Gasteiger partial charge in [-0.2, -0.15) is 0 Å². The molecule has 1 aliphatic carbocycles. The summed E-state index contributed by atoms with van der Waals surface area (Å²) in [6, 6.07) is 5.78. The summed E-state index contributed by atoms with van der Waals surface area (Å²) in [5.41, 5.74) is 2.48. The smallest absolute Gasteiger partial charge is 0.309 e. The van der Waals surface area contributed by atoms with Crippen molar-refractivity contribution in [1.82, 2.24) is 4.98 Å². The second-order valence-corrected chi connectivity index (χ2v) is 5.64. The Balaban J connectivity index is 2.12. The van der Waals surface area contributed by atoms with Crippen LogP contribution in [0.2, 0.25) is 0 Å². The number of halogens is 1. The Morgan fingerprint density at radius 2 is 2.21 bits per heavy atom. The molecule has 2 aromatic rings. The monoisotopic (exact) mass is 321 g/mol. The molecule has 0 aliphatic heterocycles. The zero-order valence-corrected chi connectivity index (χ0v) is 11.9. The number of aromatic nitrogens is 1. The first kappa shape index (κ1) is 12.4. The van der Waals surface area contributed by atoms with Crippen molar-refractivity contribution < 1.29 is 14.3 Å². The number of hydrogen-bond donors (Lipinski definition) is 1. The first-order valence-electron chi connectivity index (χ1n) is 6.01. The molecule has 0 spiro atoms. The van der Waals surface area contributed by atoms with Crippen LogP contribution >= 0.6 is 15.9 Å². The number of rotatable bonds is 1. The lowest BCUT2D eigenvalue weighted by molar-refractivity contribution is -0.145. The van der Waals surface area contributed by atoms with Crippen LogP contribution in [0.15, 0.2) is 22.7 Å². The van der Waals surface area contributed by atoms with Gasteiger partial charge < -0.3 is 9.72 Å². The highest BCUT2D eigenvalue weighted by atomic mass is 79.9. The van der Waals surface area contributed by atoms with Gasteiger partial charge in [0.1, 0.15) is 0 Å². The molecule has 1 unspecified atom stereocenters. The number of fused-ring (bicyclic) bond motifs is 3. The summed E-state index contributed by atoms with van der Waals surface area (Å²) in [6.45, 7) is 0. The van der Waals surface area contributed by atoms with Crippen LogP contribution in [0.1, 0.15) is 22.5 Å². The van der Waals surface area contributed by atoms with Crippen molar-refractivity contribution in [2.24, 2.45) is 5.92 Å². The van der Waals surface area contributed by atoms with E-state index >= 15 is 0 Å². The molecule has 1 heterocycles. The third kappa shape index (κ3) is 1.98. The molecule has 0 fully saturated rings. The average molecular weight is 322 g/mol. The van der Waals surface area contributed by atoms with Crippen molar-refractivity contribution in [3.63, 3.8) is 0 Å². The standard InChI is InChI=1S/C14H12BrNO3/c1-19-14(18)7-4-11-13(12(17)5-7)9-6-8(15)2-3-10(9)16-11/h2-3,6-7,16H,4-5H2,1H3. The van der Waals surface area contributed by atoms with Gasteiger partial charge in [-0.05, 0) is 18.2 Å². The van der Waals surface area contributed by atoms with Crippen molar-refractivity contribution >= 4 is 38.6 Å². The highest BCUT2D eigenvalue weighted by Gasteiger charge is 2.33. The van der Waals surface area contributed by atoms with E-state index in [4.69, 9.17) is 4.74 Å². The van der Waals surface area contributed by atoms with Gasteiger partial charge in [0.15, 0.2) is 5.78 Å². The van der Waals surface area contributed by atoms with E-state index in [1.54, 1.807) is 0 Å². The molecule has 98 valence electrons. The summed E-state index contributed by atoms with van der Waals surface area (Å²) in [5.74, 6) is -0.693. The van der Waals surface area contributed by atoms with Gasteiger partial charge in [-0.1, -0.05) is 15.9 Å². The van der Waals surface area contributed by atoms with Crippen molar-refractivity contribution in [3.8, 4) is 0 Å². The molecule has 0 amide bonds. The molecule has 1 aromatic carbocycles. The normalized spacial score (nSPS) is 18.4. The van der Waals surface area contributed by atoms with E-state index in [1.165, 1.54) is 7.11 Å². The minimum Gasteiger partial charge on any atom is -0.469 e. The summed E-state index contributed by atoms with van der Waals surface area (Å²) < 4.78 is 5.67. The van der Waals surface area contributed by atoms with E-state index in [-0.39, 0.29) is 24.1 Å². The van der Waals surface area contributed by atoms with Gasteiger partial charge in [0, 0.05) is 39.5 Å². The summed E-state index contributed by atoms with van der Waals surface area (Å²) in [4.78, 5) is 27.1. The lowest BCUT2D eigenvalue weighted by Crippen LogP contribution is -2.27. The first-order chi connectivity index (χ1) is 9.10. The van der Waals surface area contributed by atoms with Crippen molar-refractivity contribution in [2.45, 2.75) is 12.8 Å². The van der Waals surface area contributed by atoms with Crippen LogP contribution in [0, 0.1) is 5.92 Å². The van der Waals surface area contributed by atoms with E-state index in [0.29, 0.717) is 6.42 Å². The minimum absolute atomic E-state index is 0.000926. The molecule has 19 heavy (non-hydrogen) atoms. The van der Waals surface area contributed by atoms with Crippen LogP contribution in [-0.4, -0.2) is 23.8 Å². The minimum atomic E-state index is -0.374. The highest BCUT2D eigenvalue weighted by molar-refractivity contribution is 9.10. The molecule has 4 nitrogen and oxygen atoms in total. The predicted molar refractivity (Wildman–Crippen MR) is 74.2 cm³/mol. The summed E-state index contributed by atoms with van der Waals surface area (Å²) >= 11 is 3.41. The van der Waals surface area contributed by atoms with Gasteiger partial charge in [-0.15, -0.1) is 0 Å². The first-order valence-corrected chi connectivity index (χ1v) is 6.80. The number of aromatic amines is 1. The Hall–Kier alpha value is -1.62. The topological polar surface area (TPSA) is 59.2 Å². The number of nitrogens with one attached hydrogen (secondary N) is 1. The number of ether oxygens (including phenoxy) is 1. The maximum atomic E-state index is 12.3. The third-order valence-corrected chi connectivity index (χ3v) is 4.03. The number of carbonyl (C=O) groups excluding carboxylic acids is 2. The number of esters is 1. The van der Waals surface area contributed by atoms with E-state index < -0.39 is 0 Å². The lowest BCUT2D eigenvalue weighted by Gasteiger charge is -2.19. The molecule has 0 saturated carbocycles. The zero-order chi connectivity index (χ0) is 13.6. The summed E-state index contributed by atoms with van der Waals surface area (Å²) in [7, 11) is 1.35.